The topological polar surface area (TPSA) is 44.8 Å². The van der Waals surface area contributed by atoms with E-state index in [1.807, 2.05) is 0 Å². The summed E-state index contributed by atoms with van der Waals surface area (Å²) in [6.07, 6.45) is 1.08. The van der Waals surface area contributed by atoms with E-state index < -0.39 is 5.97 Å². The van der Waals surface area contributed by atoms with E-state index in [2.05, 4.69) is 11.3 Å². The Morgan fingerprint density at radius 2 is 1.93 bits per heavy atom. The molecule has 4 nitrogen and oxygen atoms in total. The number of carbonyl (C=O) groups is 1. The predicted molar refractivity (Wildman–Crippen MR) is 55.2 cm³/mol. The molecule has 0 atom stereocenters. The minimum absolute atomic E-state index is 0.382. The monoisotopic (exact) mass is 208 g/mol. The second-order valence-electron chi connectivity index (χ2n) is 2.64. The van der Waals surface area contributed by atoms with Crippen molar-refractivity contribution in [1.82, 2.24) is 0 Å². The number of methoxy groups -OCH3 is 2. The summed E-state index contributed by atoms with van der Waals surface area (Å²) in [6.45, 7) is 3.30. The average molecular weight is 208 g/mol. The van der Waals surface area contributed by atoms with Crippen LogP contribution in [-0.2, 0) is 4.74 Å². The first-order chi connectivity index (χ1) is 7.22. The summed E-state index contributed by atoms with van der Waals surface area (Å²) < 4.78 is 14.7. The highest BCUT2D eigenvalue weighted by atomic mass is 16.5. The van der Waals surface area contributed by atoms with Gasteiger partial charge in [-0.2, -0.15) is 0 Å². The minimum atomic E-state index is -0.481. The third kappa shape index (κ3) is 2.49. The van der Waals surface area contributed by atoms with Gasteiger partial charge in [-0.1, -0.05) is 6.58 Å². The summed E-state index contributed by atoms with van der Waals surface area (Å²) in [7, 11) is 3.03. The highest BCUT2D eigenvalue weighted by molar-refractivity contribution is 5.90. The van der Waals surface area contributed by atoms with Gasteiger partial charge in [-0.15, -0.1) is 0 Å². The van der Waals surface area contributed by atoms with E-state index in [0.717, 1.165) is 6.26 Å². The van der Waals surface area contributed by atoms with Crippen LogP contribution in [0.4, 0.5) is 0 Å². The average Bonchev–Trinajstić information content (AvgIpc) is 2.28. The molecule has 0 bridgehead atoms. The molecule has 4 heteroatoms. The van der Waals surface area contributed by atoms with Crippen LogP contribution in [0.5, 0.6) is 11.5 Å². The lowest BCUT2D eigenvalue weighted by Crippen LogP contribution is -2.01. The highest BCUT2D eigenvalue weighted by Gasteiger charge is 2.10. The summed E-state index contributed by atoms with van der Waals surface area (Å²) in [5.41, 5.74) is 0.382. The molecule has 0 heterocycles. The van der Waals surface area contributed by atoms with Gasteiger partial charge in [0.2, 0.25) is 0 Å². The van der Waals surface area contributed by atoms with Crippen LogP contribution in [0.3, 0.4) is 0 Å². The van der Waals surface area contributed by atoms with Gasteiger partial charge >= 0.3 is 5.97 Å². The normalized spacial score (nSPS) is 9.20. The lowest BCUT2D eigenvalue weighted by Gasteiger charge is -2.08. The van der Waals surface area contributed by atoms with Crippen molar-refractivity contribution in [3.05, 3.63) is 36.6 Å². The van der Waals surface area contributed by atoms with Crippen LogP contribution in [0.2, 0.25) is 0 Å². The van der Waals surface area contributed by atoms with Crippen LogP contribution in [0.15, 0.2) is 31.0 Å². The van der Waals surface area contributed by atoms with Crippen molar-refractivity contribution < 1.29 is 19.0 Å². The molecule has 15 heavy (non-hydrogen) atoms. The molecule has 0 N–H and O–H groups in total. The molecule has 0 unspecified atom stereocenters. The van der Waals surface area contributed by atoms with Crippen molar-refractivity contribution in [3.8, 4) is 11.5 Å². The lowest BCUT2D eigenvalue weighted by molar-refractivity contribution is 0.0663. The van der Waals surface area contributed by atoms with Gasteiger partial charge in [-0.25, -0.2) is 4.79 Å². The number of hydrogen-bond donors (Lipinski definition) is 0. The summed E-state index contributed by atoms with van der Waals surface area (Å²) in [5.74, 6) is 0.564. The van der Waals surface area contributed by atoms with E-state index in [9.17, 15) is 4.79 Å². The first-order valence-electron chi connectivity index (χ1n) is 4.26. The van der Waals surface area contributed by atoms with E-state index in [1.165, 1.54) is 14.2 Å². The number of carbonyl (C=O) groups excluding carboxylic acids is 1. The Morgan fingerprint density at radius 3 is 2.47 bits per heavy atom. The fourth-order valence-electron chi connectivity index (χ4n) is 1.11. The minimum Gasteiger partial charge on any atom is -0.493 e. The van der Waals surface area contributed by atoms with E-state index in [-0.39, 0.29) is 0 Å². The third-order valence-electron chi connectivity index (χ3n) is 1.81. The number of hydrogen-bond acceptors (Lipinski definition) is 4. The molecule has 1 aromatic carbocycles. The first-order valence-corrected chi connectivity index (χ1v) is 4.26. The van der Waals surface area contributed by atoms with Gasteiger partial charge in [0, 0.05) is 0 Å². The van der Waals surface area contributed by atoms with Crippen molar-refractivity contribution >= 4 is 5.97 Å². The molecule has 0 aliphatic carbocycles. The first kappa shape index (κ1) is 11.1. The zero-order valence-corrected chi connectivity index (χ0v) is 8.65. The Kier molecular flexibility index (Phi) is 3.74. The zero-order valence-electron chi connectivity index (χ0n) is 8.65. The van der Waals surface area contributed by atoms with Crippen molar-refractivity contribution in [2.75, 3.05) is 14.2 Å². The van der Waals surface area contributed by atoms with Crippen LogP contribution < -0.4 is 9.47 Å². The maximum atomic E-state index is 11.3. The van der Waals surface area contributed by atoms with Gasteiger partial charge in [-0.3, -0.25) is 0 Å². The van der Waals surface area contributed by atoms with Crippen molar-refractivity contribution in [1.29, 1.82) is 0 Å². The van der Waals surface area contributed by atoms with Gasteiger partial charge in [-0.05, 0) is 18.2 Å². The quantitative estimate of drug-likeness (QED) is 0.560. The molecular formula is C11H12O4. The van der Waals surface area contributed by atoms with Crippen molar-refractivity contribution in [2.45, 2.75) is 0 Å². The van der Waals surface area contributed by atoms with Crippen LogP contribution in [0, 0.1) is 0 Å². The fraction of sp³-hybridized carbons (Fsp3) is 0.182. The second-order valence-corrected chi connectivity index (χ2v) is 2.64. The Bertz CT molecular complexity index is 371. The maximum absolute atomic E-state index is 11.3. The molecule has 1 aromatic rings. The van der Waals surface area contributed by atoms with Gasteiger partial charge in [0.25, 0.3) is 0 Å². The van der Waals surface area contributed by atoms with Gasteiger partial charge < -0.3 is 14.2 Å². The van der Waals surface area contributed by atoms with Crippen LogP contribution in [0.1, 0.15) is 10.4 Å². The number of rotatable bonds is 4. The Hall–Kier alpha value is -1.97. The van der Waals surface area contributed by atoms with Gasteiger partial charge in [0.05, 0.1) is 26.0 Å². The number of ether oxygens (including phenoxy) is 3. The Morgan fingerprint density at radius 1 is 1.27 bits per heavy atom. The maximum Gasteiger partial charge on any atom is 0.343 e. The van der Waals surface area contributed by atoms with E-state index in [0.29, 0.717) is 17.1 Å². The van der Waals surface area contributed by atoms with E-state index in [1.54, 1.807) is 18.2 Å². The predicted octanol–water partition coefficient (Wildman–Crippen LogP) is 2.00. The van der Waals surface area contributed by atoms with Gasteiger partial charge in [0.1, 0.15) is 0 Å². The van der Waals surface area contributed by atoms with Gasteiger partial charge in [0.15, 0.2) is 11.5 Å². The molecule has 1 rings (SSSR count). The number of esters is 1. The summed E-state index contributed by atoms with van der Waals surface area (Å²) in [4.78, 5) is 11.3. The summed E-state index contributed by atoms with van der Waals surface area (Å²) in [6, 6.07) is 4.77. The Labute approximate surface area is 88.1 Å². The van der Waals surface area contributed by atoms with E-state index >= 15 is 0 Å². The molecule has 80 valence electrons. The molecule has 0 fully saturated rings. The van der Waals surface area contributed by atoms with Crippen LogP contribution >= 0.6 is 0 Å². The third-order valence-corrected chi connectivity index (χ3v) is 1.81. The highest BCUT2D eigenvalue weighted by Crippen LogP contribution is 2.27. The molecule has 0 saturated heterocycles. The van der Waals surface area contributed by atoms with Crippen LogP contribution in [0.25, 0.3) is 0 Å². The fourth-order valence-corrected chi connectivity index (χ4v) is 1.11. The molecular weight excluding hydrogens is 196 g/mol. The SMILES string of the molecule is C=COC(=O)c1ccc(OC)c(OC)c1. The molecule has 0 aliphatic rings. The molecule has 0 radical (unpaired) electrons. The van der Waals surface area contributed by atoms with Crippen LogP contribution in [-0.4, -0.2) is 20.2 Å². The van der Waals surface area contributed by atoms with Crippen molar-refractivity contribution in [2.24, 2.45) is 0 Å². The lowest BCUT2D eigenvalue weighted by atomic mass is 10.2. The summed E-state index contributed by atoms with van der Waals surface area (Å²) >= 11 is 0. The second kappa shape index (κ2) is 5.05. The number of benzene rings is 1. The molecule has 0 saturated carbocycles. The van der Waals surface area contributed by atoms with Crippen molar-refractivity contribution in [3.63, 3.8) is 0 Å². The molecule has 0 aliphatic heterocycles. The molecule has 0 amide bonds. The van der Waals surface area contributed by atoms with E-state index in [4.69, 9.17) is 9.47 Å². The summed E-state index contributed by atoms with van der Waals surface area (Å²) in [5, 5.41) is 0. The smallest absolute Gasteiger partial charge is 0.343 e. The zero-order chi connectivity index (χ0) is 11.3. The molecule has 0 aromatic heterocycles. The largest absolute Gasteiger partial charge is 0.493 e. The standard InChI is InChI=1S/C11H12O4/c1-4-15-11(12)8-5-6-9(13-2)10(7-8)14-3/h4-7H,1H2,2-3H3. The molecule has 0 spiro atoms. The Balaban J connectivity index is 3.02.